The normalized spacial score (nSPS) is 12.4. The molecule has 0 spiro atoms. The van der Waals surface area contributed by atoms with E-state index >= 15 is 0 Å². The van der Waals surface area contributed by atoms with Gasteiger partial charge in [0.2, 0.25) is 0 Å². The van der Waals surface area contributed by atoms with Gasteiger partial charge in [0.15, 0.2) is 11.6 Å². The predicted molar refractivity (Wildman–Crippen MR) is 144 cm³/mol. The Balaban J connectivity index is 1.81. The lowest BCUT2D eigenvalue weighted by atomic mass is 9.99. The van der Waals surface area contributed by atoms with E-state index in [4.69, 9.17) is 16.3 Å². The molecule has 0 bridgehead atoms. The Bertz CT molecular complexity index is 1540. The van der Waals surface area contributed by atoms with Crippen LogP contribution in [-0.2, 0) is 6.18 Å². The Morgan fingerprint density at radius 1 is 1.08 bits per heavy atom. The van der Waals surface area contributed by atoms with E-state index in [9.17, 15) is 18.0 Å². The molecule has 0 saturated carbocycles. The molecular formula is C27H22BrClF3N3O2. The smallest absolute Gasteiger partial charge is 0.416 e. The maximum Gasteiger partial charge on any atom is 0.416 e. The molecule has 0 amide bonds. The second-order valence-corrected chi connectivity index (χ2v) is 10.8. The van der Waals surface area contributed by atoms with Crippen LogP contribution in [0.2, 0.25) is 5.02 Å². The summed E-state index contributed by atoms with van der Waals surface area (Å²) in [4.78, 5) is 17.8. The number of aromatic nitrogens is 2. The van der Waals surface area contributed by atoms with E-state index in [0.29, 0.717) is 32.9 Å². The Morgan fingerprint density at radius 3 is 2.49 bits per heavy atom. The summed E-state index contributed by atoms with van der Waals surface area (Å²) < 4.78 is 47.5. The molecule has 0 fully saturated rings. The first-order valence-corrected chi connectivity index (χ1v) is 12.4. The molecule has 4 rings (SSSR count). The van der Waals surface area contributed by atoms with E-state index in [-0.39, 0.29) is 22.2 Å². The molecule has 1 heterocycles. The summed E-state index contributed by atoms with van der Waals surface area (Å²) in [6.45, 7) is 6.55. The number of alkyl halides is 3. The predicted octanol–water partition coefficient (Wildman–Crippen LogP) is 7.81. The molecule has 0 atom stereocenters. The number of rotatable bonds is 5. The van der Waals surface area contributed by atoms with Gasteiger partial charge in [-0.25, -0.2) is 4.98 Å². The summed E-state index contributed by atoms with van der Waals surface area (Å²) in [7, 11) is 0. The molecule has 0 saturated heterocycles. The Morgan fingerprint density at radius 2 is 1.81 bits per heavy atom. The first-order chi connectivity index (χ1) is 17.3. The zero-order valence-electron chi connectivity index (χ0n) is 20.1. The van der Waals surface area contributed by atoms with Gasteiger partial charge in [0.25, 0.3) is 5.56 Å². The Hall–Kier alpha value is -3.17. The fourth-order valence-corrected chi connectivity index (χ4v) is 4.45. The first-order valence-electron chi connectivity index (χ1n) is 11.2. The number of halogens is 5. The van der Waals surface area contributed by atoms with Gasteiger partial charge in [-0.1, -0.05) is 56.6 Å². The molecule has 0 radical (unpaired) electrons. The van der Waals surface area contributed by atoms with Crippen LogP contribution in [0.3, 0.4) is 0 Å². The molecule has 192 valence electrons. The maximum absolute atomic E-state index is 13.4. The largest absolute Gasteiger partial charge is 0.490 e. The minimum atomic E-state index is -4.55. The first kappa shape index (κ1) is 26.9. The number of benzene rings is 3. The molecule has 0 aliphatic rings. The van der Waals surface area contributed by atoms with Crippen LogP contribution in [0, 0.1) is 5.41 Å². The van der Waals surface area contributed by atoms with E-state index in [2.05, 4.69) is 26.0 Å². The molecule has 10 heteroatoms. The van der Waals surface area contributed by atoms with Crippen molar-refractivity contribution in [1.29, 1.82) is 0 Å². The number of para-hydroxylation sites is 1. The van der Waals surface area contributed by atoms with Crippen molar-refractivity contribution in [2.45, 2.75) is 26.9 Å². The Labute approximate surface area is 224 Å². The molecule has 37 heavy (non-hydrogen) atoms. The minimum Gasteiger partial charge on any atom is -0.490 e. The van der Waals surface area contributed by atoms with Crippen LogP contribution in [0.15, 0.2) is 75.0 Å². The lowest BCUT2D eigenvalue weighted by Crippen LogP contribution is -2.20. The van der Waals surface area contributed by atoms with Gasteiger partial charge in [-0.2, -0.15) is 22.9 Å². The summed E-state index contributed by atoms with van der Waals surface area (Å²) in [5, 5.41) is 4.92. The number of hydrogen-bond acceptors (Lipinski definition) is 4. The van der Waals surface area contributed by atoms with E-state index in [1.807, 2.05) is 20.8 Å². The van der Waals surface area contributed by atoms with Crippen molar-refractivity contribution in [3.63, 3.8) is 0 Å². The molecule has 5 nitrogen and oxygen atoms in total. The van der Waals surface area contributed by atoms with Crippen molar-refractivity contribution in [3.8, 4) is 17.1 Å². The zero-order chi connectivity index (χ0) is 27.0. The van der Waals surface area contributed by atoms with Gasteiger partial charge in [0.1, 0.15) is 0 Å². The fraction of sp³-hybridized carbons (Fsp3) is 0.222. The highest BCUT2D eigenvalue weighted by atomic mass is 79.9. The molecule has 0 aliphatic carbocycles. The van der Waals surface area contributed by atoms with Crippen LogP contribution in [0.1, 0.15) is 31.9 Å². The number of hydrogen-bond donors (Lipinski definition) is 0. The highest BCUT2D eigenvalue weighted by Crippen LogP contribution is 2.35. The molecule has 3 aromatic carbocycles. The van der Waals surface area contributed by atoms with Crippen molar-refractivity contribution in [2.75, 3.05) is 6.61 Å². The van der Waals surface area contributed by atoms with E-state index in [1.54, 1.807) is 36.4 Å². The highest BCUT2D eigenvalue weighted by Gasteiger charge is 2.31. The van der Waals surface area contributed by atoms with Gasteiger partial charge in [-0.3, -0.25) is 4.79 Å². The summed E-state index contributed by atoms with van der Waals surface area (Å²) in [5.74, 6) is 0.448. The van der Waals surface area contributed by atoms with Crippen molar-refractivity contribution in [2.24, 2.45) is 10.5 Å². The quantitative estimate of drug-likeness (QED) is 0.222. The van der Waals surface area contributed by atoms with Crippen molar-refractivity contribution >= 4 is 44.6 Å². The summed E-state index contributed by atoms with van der Waals surface area (Å²) in [6, 6.07) is 14.5. The molecule has 1 aromatic heterocycles. The zero-order valence-corrected chi connectivity index (χ0v) is 22.4. The van der Waals surface area contributed by atoms with Gasteiger partial charge in [0.05, 0.1) is 38.8 Å². The van der Waals surface area contributed by atoms with Crippen LogP contribution in [-0.4, -0.2) is 22.5 Å². The molecule has 0 unspecified atom stereocenters. The van der Waals surface area contributed by atoms with Crippen LogP contribution in [0.25, 0.3) is 22.3 Å². The third-order valence-corrected chi connectivity index (χ3v) is 6.06. The molecule has 4 aromatic rings. The van der Waals surface area contributed by atoms with Gasteiger partial charge in [-0.05, 0) is 63.3 Å². The summed E-state index contributed by atoms with van der Waals surface area (Å²) in [6.07, 6.45) is -3.17. The third-order valence-electron chi connectivity index (χ3n) is 5.19. The standard InChI is InChI=1S/C27H22BrClF3N3O2/c1-26(2,3)15-37-23-20(28)11-16(12-21(23)29)14-33-35-24(17-7-6-8-18(13-17)27(30,31)32)34-22-10-5-4-9-19(22)25(35)36/h4-14H,15H2,1-3H3. The van der Waals surface area contributed by atoms with Gasteiger partial charge >= 0.3 is 6.18 Å². The second-order valence-electron chi connectivity index (χ2n) is 9.56. The average Bonchev–Trinajstić information content (AvgIpc) is 2.81. The SMILES string of the molecule is CC(C)(C)COc1c(Cl)cc(C=Nn2c(-c3cccc(C(F)(F)F)c3)nc3ccccc3c2=O)cc1Br. The minimum absolute atomic E-state index is 0.0265. The Kier molecular flexibility index (Phi) is 7.48. The number of nitrogens with zero attached hydrogens (tertiary/aromatic N) is 3. The highest BCUT2D eigenvalue weighted by molar-refractivity contribution is 9.10. The van der Waals surface area contributed by atoms with Crippen molar-refractivity contribution in [1.82, 2.24) is 9.66 Å². The van der Waals surface area contributed by atoms with Crippen LogP contribution in [0.4, 0.5) is 13.2 Å². The second kappa shape index (κ2) is 10.3. The van der Waals surface area contributed by atoms with Gasteiger partial charge in [-0.15, -0.1) is 0 Å². The number of ether oxygens (including phenoxy) is 1. The summed E-state index contributed by atoms with van der Waals surface area (Å²) >= 11 is 9.90. The van der Waals surface area contributed by atoms with Crippen LogP contribution < -0.4 is 10.3 Å². The lowest BCUT2D eigenvalue weighted by molar-refractivity contribution is -0.137. The molecule has 0 aliphatic heterocycles. The van der Waals surface area contributed by atoms with Crippen molar-refractivity contribution in [3.05, 3.63) is 91.6 Å². The average molecular weight is 593 g/mol. The molecule has 0 N–H and O–H groups in total. The molecular weight excluding hydrogens is 571 g/mol. The van der Waals surface area contributed by atoms with E-state index in [1.165, 1.54) is 18.3 Å². The fourth-order valence-electron chi connectivity index (χ4n) is 3.46. The topological polar surface area (TPSA) is 56.5 Å². The monoisotopic (exact) mass is 591 g/mol. The maximum atomic E-state index is 13.4. The number of fused-ring (bicyclic) bond motifs is 1. The van der Waals surface area contributed by atoms with Crippen LogP contribution in [0.5, 0.6) is 5.75 Å². The van der Waals surface area contributed by atoms with E-state index in [0.717, 1.165) is 16.8 Å². The lowest BCUT2D eigenvalue weighted by Gasteiger charge is -2.20. The van der Waals surface area contributed by atoms with Gasteiger partial charge in [0, 0.05) is 5.56 Å². The van der Waals surface area contributed by atoms with Crippen molar-refractivity contribution < 1.29 is 17.9 Å². The summed E-state index contributed by atoms with van der Waals surface area (Å²) in [5.41, 5.74) is -0.478. The third kappa shape index (κ3) is 6.22. The van der Waals surface area contributed by atoms with Gasteiger partial charge < -0.3 is 4.74 Å². The van der Waals surface area contributed by atoms with E-state index < -0.39 is 17.3 Å². The van der Waals surface area contributed by atoms with Crippen LogP contribution >= 0.6 is 27.5 Å².